The van der Waals surface area contributed by atoms with Crippen molar-refractivity contribution in [2.45, 2.75) is 20.0 Å². The van der Waals surface area contributed by atoms with E-state index in [1.54, 1.807) is 12.1 Å². The number of benzene rings is 2. The molecule has 26 heavy (non-hydrogen) atoms. The smallest absolute Gasteiger partial charge is 0.339 e. The van der Waals surface area contributed by atoms with Crippen molar-refractivity contribution in [1.29, 1.82) is 0 Å². The number of esters is 1. The zero-order valence-electron chi connectivity index (χ0n) is 14.5. The Balaban J connectivity index is 2.07. The monoisotopic (exact) mass is 358 g/mol. The first-order valence-corrected chi connectivity index (χ1v) is 7.72. The van der Waals surface area contributed by atoms with Crippen LogP contribution in [-0.2, 0) is 9.53 Å². The predicted molar refractivity (Wildman–Crippen MR) is 94.3 cm³/mol. The highest BCUT2D eigenvalue weighted by Gasteiger charge is 2.21. The van der Waals surface area contributed by atoms with Crippen LogP contribution in [0, 0.1) is 17.0 Å². The summed E-state index contributed by atoms with van der Waals surface area (Å²) in [5.74, 6) is -0.901. The van der Waals surface area contributed by atoms with E-state index < -0.39 is 22.9 Å². The molecule has 0 bridgehead atoms. The molecule has 0 saturated heterocycles. The van der Waals surface area contributed by atoms with Crippen molar-refractivity contribution < 1.29 is 24.0 Å². The SMILES string of the molecule is COc1ccc(C)cc1NC(=O)C(C)OC(=O)c1cccc([N+](=O)[O-])c1. The molecule has 0 saturated carbocycles. The summed E-state index contributed by atoms with van der Waals surface area (Å²) in [6.07, 6.45) is -1.10. The number of carbonyl (C=O) groups excluding carboxylic acids is 2. The molecular weight excluding hydrogens is 340 g/mol. The third-order valence-corrected chi connectivity index (χ3v) is 3.56. The summed E-state index contributed by atoms with van der Waals surface area (Å²) in [7, 11) is 1.48. The fraction of sp³-hybridized carbons (Fsp3) is 0.222. The molecule has 136 valence electrons. The van der Waals surface area contributed by atoms with E-state index in [4.69, 9.17) is 9.47 Å². The Morgan fingerprint density at radius 2 is 1.92 bits per heavy atom. The number of nitro groups is 1. The lowest BCUT2D eigenvalue weighted by molar-refractivity contribution is -0.384. The average Bonchev–Trinajstić information content (AvgIpc) is 2.61. The van der Waals surface area contributed by atoms with Crippen molar-refractivity contribution in [3.05, 3.63) is 63.7 Å². The quantitative estimate of drug-likeness (QED) is 0.483. The Labute approximate surface area is 149 Å². The van der Waals surface area contributed by atoms with Gasteiger partial charge in [-0.2, -0.15) is 0 Å². The van der Waals surface area contributed by atoms with Crippen LogP contribution in [0.25, 0.3) is 0 Å². The molecule has 1 atom stereocenters. The number of amides is 1. The van der Waals surface area contributed by atoms with Gasteiger partial charge in [0.1, 0.15) is 5.75 Å². The van der Waals surface area contributed by atoms with Crippen molar-refractivity contribution in [2.75, 3.05) is 12.4 Å². The van der Waals surface area contributed by atoms with E-state index >= 15 is 0 Å². The Morgan fingerprint density at radius 1 is 1.19 bits per heavy atom. The number of carbonyl (C=O) groups is 2. The lowest BCUT2D eigenvalue weighted by Crippen LogP contribution is -2.30. The molecule has 2 aromatic carbocycles. The molecule has 0 spiro atoms. The Bertz CT molecular complexity index is 849. The summed E-state index contributed by atoms with van der Waals surface area (Å²) in [5.41, 5.74) is 1.13. The fourth-order valence-corrected chi connectivity index (χ4v) is 2.18. The van der Waals surface area contributed by atoms with Crippen LogP contribution in [0.4, 0.5) is 11.4 Å². The van der Waals surface area contributed by atoms with E-state index in [-0.39, 0.29) is 11.3 Å². The predicted octanol–water partition coefficient (Wildman–Crippen LogP) is 3.10. The Morgan fingerprint density at radius 3 is 2.58 bits per heavy atom. The van der Waals surface area contributed by atoms with Gasteiger partial charge in [-0.1, -0.05) is 12.1 Å². The van der Waals surface area contributed by atoms with Crippen LogP contribution < -0.4 is 10.1 Å². The van der Waals surface area contributed by atoms with E-state index in [1.165, 1.54) is 32.2 Å². The second-order valence-corrected chi connectivity index (χ2v) is 5.55. The first-order valence-electron chi connectivity index (χ1n) is 7.72. The number of nitro benzene ring substituents is 1. The van der Waals surface area contributed by atoms with Crippen LogP contribution >= 0.6 is 0 Å². The van der Waals surface area contributed by atoms with Crippen LogP contribution in [0.3, 0.4) is 0 Å². The number of ether oxygens (including phenoxy) is 2. The molecule has 0 fully saturated rings. The highest BCUT2D eigenvalue weighted by Crippen LogP contribution is 2.25. The van der Waals surface area contributed by atoms with Crippen LogP contribution in [0.2, 0.25) is 0 Å². The largest absolute Gasteiger partial charge is 0.495 e. The molecule has 1 N–H and O–H groups in total. The molecule has 0 radical (unpaired) electrons. The first-order chi connectivity index (χ1) is 12.3. The third-order valence-electron chi connectivity index (χ3n) is 3.56. The summed E-state index contributed by atoms with van der Waals surface area (Å²) in [6, 6.07) is 10.4. The number of hydrogen-bond donors (Lipinski definition) is 1. The zero-order chi connectivity index (χ0) is 19.3. The molecule has 0 heterocycles. The number of non-ortho nitro benzene ring substituents is 1. The van der Waals surface area contributed by atoms with E-state index in [0.717, 1.165) is 11.6 Å². The normalized spacial score (nSPS) is 11.3. The van der Waals surface area contributed by atoms with Gasteiger partial charge in [-0.3, -0.25) is 14.9 Å². The standard InChI is InChI=1S/C18H18N2O6/c1-11-7-8-16(25-3)15(9-11)19-17(21)12(2)26-18(22)13-5-4-6-14(10-13)20(23)24/h4-10,12H,1-3H3,(H,19,21). The molecular formula is C18H18N2O6. The number of nitrogens with zero attached hydrogens (tertiary/aromatic N) is 1. The van der Waals surface area contributed by atoms with Gasteiger partial charge in [-0.05, 0) is 37.6 Å². The van der Waals surface area contributed by atoms with Gasteiger partial charge in [0.05, 0.1) is 23.3 Å². The Hall–Kier alpha value is -3.42. The minimum atomic E-state index is -1.10. The molecule has 0 aliphatic carbocycles. The lowest BCUT2D eigenvalue weighted by Gasteiger charge is -2.15. The van der Waals surface area contributed by atoms with Gasteiger partial charge in [-0.25, -0.2) is 4.79 Å². The maximum Gasteiger partial charge on any atom is 0.339 e. The number of rotatable bonds is 6. The van der Waals surface area contributed by atoms with Gasteiger partial charge in [0.2, 0.25) is 0 Å². The van der Waals surface area contributed by atoms with Crippen molar-refractivity contribution in [3.63, 3.8) is 0 Å². The van der Waals surface area contributed by atoms with Crippen LogP contribution in [0.15, 0.2) is 42.5 Å². The van der Waals surface area contributed by atoms with E-state index in [2.05, 4.69) is 5.32 Å². The number of methoxy groups -OCH3 is 1. The Kier molecular flexibility index (Phi) is 5.90. The molecule has 0 aromatic heterocycles. The zero-order valence-corrected chi connectivity index (χ0v) is 14.5. The molecule has 2 rings (SSSR count). The highest BCUT2D eigenvalue weighted by molar-refractivity contribution is 5.98. The second kappa shape index (κ2) is 8.11. The van der Waals surface area contributed by atoms with Crippen LogP contribution in [0.1, 0.15) is 22.8 Å². The van der Waals surface area contributed by atoms with Gasteiger partial charge in [0.25, 0.3) is 11.6 Å². The summed E-state index contributed by atoms with van der Waals surface area (Å²) >= 11 is 0. The summed E-state index contributed by atoms with van der Waals surface area (Å²) in [5, 5.41) is 13.4. The number of anilines is 1. The molecule has 8 nitrogen and oxygen atoms in total. The van der Waals surface area contributed by atoms with Gasteiger partial charge in [-0.15, -0.1) is 0 Å². The van der Waals surface area contributed by atoms with E-state index in [1.807, 2.05) is 13.0 Å². The van der Waals surface area contributed by atoms with Gasteiger partial charge in [0.15, 0.2) is 6.10 Å². The maximum atomic E-state index is 12.3. The van der Waals surface area contributed by atoms with Crippen molar-refractivity contribution in [2.24, 2.45) is 0 Å². The number of nitrogens with one attached hydrogen (secondary N) is 1. The van der Waals surface area contributed by atoms with Gasteiger partial charge in [0, 0.05) is 12.1 Å². The summed E-state index contributed by atoms with van der Waals surface area (Å²) in [4.78, 5) is 34.6. The average molecular weight is 358 g/mol. The molecule has 1 unspecified atom stereocenters. The van der Waals surface area contributed by atoms with Crippen LogP contribution in [0.5, 0.6) is 5.75 Å². The number of hydrogen-bond acceptors (Lipinski definition) is 6. The lowest BCUT2D eigenvalue weighted by atomic mass is 10.2. The van der Waals surface area contributed by atoms with Gasteiger partial charge >= 0.3 is 5.97 Å². The minimum absolute atomic E-state index is 0.00742. The molecule has 2 aromatic rings. The third kappa shape index (κ3) is 4.56. The van der Waals surface area contributed by atoms with Crippen molar-refractivity contribution in [1.82, 2.24) is 0 Å². The molecule has 8 heteroatoms. The number of aryl methyl sites for hydroxylation is 1. The fourth-order valence-electron chi connectivity index (χ4n) is 2.18. The van der Waals surface area contributed by atoms with Crippen LogP contribution in [-0.4, -0.2) is 30.0 Å². The molecule has 1 amide bonds. The van der Waals surface area contributed by atoms with Crippen molar-refractivity contribution in [3.8, 4) is 5.75 Å². The van der Waals surface area contributed by atoms with E-state index in [0.29, 0.717) is 11.4 Å². The molecule has 0 aliphatic heterocycles. The highest BCUT2D eigenvalue weighted by atomic mass is 16.6. The topological polar surface area (TPSA) is 108 Å². The van der Waals surface area contributed by atoms with E-state index in [9.17, 15) is 19.7 Å². The first kappa shape index (κ1) is 18.9. The van der Waals surface area contributed by atoms with Crippen molar-refractivity contribution >= 4 is 23.3 Å². The summed E-state index contributed by atoms with van der Waals surface area (Å²) < 4.78 is 10.3. The van der Waals surface area contributed by atoms with Gasteiger partial charge < -0.3 is 14.8 Å². The maximum absolute atomic E-state index is 12.3. The minimum Gasteiger partial charge on any atom is -0.495 e. The molecule has 0 aliphatic rings. The summed E-state index contributed by atoms with van der Waals surface area (Å²) in [6.45, 7) is 3.27. The second-order valence-electron chi connectivity index (χ2n) is 5.55.